The molecule has 6 nitrogen and oxygen atoms in total. The van der Waals surface area contributed by atoms with E-state index in [4.69, 9.17) is 5.73 Å². The summed E-state index contributed by atoms with van der Waals surface area (Å²) in [7, 11) is 0. The molecule has 1 heterocycles. The van der Waals surface area contributed by atoms with Crippen molar-refractivity contribution in [2.45, 2.75) is 57.4 Å². The van der Waals surface area contributed by atoms with Crippen LogP contribution in [0.1, 0.15) is 51.9 Å². The number of nitrogens with two attached hydrogens (primary N) is 1. The van der Waals surface area contributed by atoms with E-state index in [1.54, 1.807) is 6.92 Å². The van der Waals surface area contributed by atoms with Gasteiger partial charge in [0.2, 0.25) is 11.8 Å². The predicted octanol–water partition coefficient (Wildman–Crippen LogP) is 1.27. The van der Waals surface area contributed by atoms with Crippen molar-refractivity contribution in [3.05, 3.63) is 6.42 Å². The fourth-order valence-corrected chi connectivity index (χ4v) is 4.01. The second-order valence-electron chi connectivity index (χ2n) is 7.32. The van der Waals surface area contributed by atoms with Gasteiger partial charge in [-0.3, -0.25) is 9.59 Å². The van der Waals surface area contributed by atoms with Gasteiger partial charge in [0, 0.05) is 12.5 Å². The fraction of sp³-hybridized carbons (Fsp3) is 0.778. The zero-order chi connectivity index (χ0) is 17.6. The van der Waals surface area contributed by atoms with Gasteiger partial charge in [0.15, 0.2) is 0 Å². The Morgan fingerprint density at radius 3 is 2.67 bits per heavy atom. The SMILES string of the molecule is CC(C[CH]C(=O)NC1(C(C#N)C2CCCCC2)CCNC1)C(N)=O. The van der Waals surface area contributed by atoms with Crippen molar-refractivity contribution >= 4 is 11.8 Å². The van der Waals surface area contributed by atoms with Gasteiger partial charge >= 0.3 is 0 Å². The third-order valence-corrected chi connectivity index (χ3v) is 5.56. The normalized spacial score (nSPS) is 27.2. The molecule has 0 bridgehead atoms. The highest BCUT2D eigenvalue weighted by atomic mass is 16.2. The first-order valence-corrected chi connectivity index (χ1v) is 9.03. The lowest BCUT2D eigenvalue weighted by Gasteiger charge is -2.39. The average Bonchev–Trinajstić information content (AvgIpc) is 3.03. The maximum Gasteiger partial charge on any atom is 0.224 e. The standard InChI is InChI=1S/C18H29N4O2/c1-13(17(20)24)7-8-16(23)22-18(9-10-21-12-18)15(11-19)14-5-3-2-4-6-14/h8,13-15,21H,2-7,9-10,12H2,1H3,(H2,20,24)(H,22,23). The van der Waals surface area contributed by atoms with Crippen LogP contribution in [0.3, 0.4) is 0 Å². The number of amides is 2. The monoisotopic (exact) mass is 333 g/mol. The number of nitriles is 1. The quantitative estimate of drug-likeness (QED) is 0.652. The molecule has 2 rings (SSSR count). The maximum absolute atomic E-state index is 12.4. The van der Waals surface area contributed by atoms with Crippen LogP contribution in [-0.4, -0.2) is 30.4 Å². The smallest absolute Gasteiger partial charge is 0.224 e. The van der Waals surface area contributed by atoms with Crippen LogP contribution in [0.4, 0.5) is 0 Å². The second kappa shape index (κ2) is 8.48. The van der Waals surface area contributed by atoms with Crippen LogP contribution in [0, 0.1) is 35.5 Å². The predicted molar refractivity (Wildman–Crippen MR) is 91.3 cm³/mol. The Bertz CT molecular complexity index is 488. The Kier molecular flexibility index (Phi) is 6.61. The minimum Gasteiger partial charge on any atom is -0.369 e. The molecule has 2 aliphatic rings. The van der Waals surface area contributed by atoms with E-state index in [1.165, 1.54) is 25.7 Å². The topological polar surface area (TPSA) is 108 Å². The number of nitrogens with zero attached hydrogens (tertiary/aromatic N) is 1. The molecule has 3 atom stereocenters. The largest absolute Gasteiger partial charge is 0.369 e. The van der Waals surface area contributed by atoms with Crippen LogP contribution in [-0.2, 0) is 9.59 Å². The third-order valence-electron chi connectivity index (χ3n) is 5.56. The average molecular weight is 333 g/mol. The minimum absolute atomic E-state index is 0.168. The molecule has 2 fully saturated rings. The molecule has 2 amide bonds. The first kappa shape index (κ1) is 18.7. The number of carbonyl (C=O) groups is 2. The van der Waals surface area contributed by atoms with Crippen LogP contribution < -0.4 is 16.4 Å². The third kappa shape index (κ3) is 4.47. The van der Waals surface area contributed by atoms with Crippen molar-refractivity contribution in [2.75, 3.05) is 13.1 Å². The Morgan fingerprint density at radius 1 is 1.42 bits per heavy atom. The Labute approximate surface area is 144 Å². The summed E-state index contributed by atoms with van der Waals surface area (Å²) < 4.78 is 0. The summed E-state index contributed by atoms with van der Waals surface area (Å²) in [4.78, 5) is 23.5. The van der Waals surface area contributed by atoms with E-state index in [-0.39, 0.29) is 17.7 Å². The first-order chi connectivity index (χ1) is 11.5. The van der Waals surface area contributed by atoms with Gasteiger partial charge in [0.1, 0.15) is 0 Å². The van der Waals surface area contributed by atoms with Gasteiger partial charge in [-0.25, -0.2) is 0 Å². The Balaban J connectivity index is 2.02. The minimum atomic E-state index is -0.500. The zero-order valence-electron chi connectivity index (χ0n) is 14.5. The molecular weight excluding hydrogens is 304 g/mol. The van der Waals surface area contributed by atoms with Crippen LogP contribution in [0.2, 0.25) is 0 Å². The molecule has 4 N–H and O–H groups in total. The molecular formula is C18H29N4O2. The van der Waals surface area contributed by atoms with Gasteiger partial charge in [-0.1, -0.05) is 26.2 Å². The molecule has 0 aromatic carbocycles. The first-order valence-electron chi connectivity index (χ1n) is 9.03. The summed E-state index contributed by atoms with van der Waals surface area (Å²) in [5, 5.41) is 16.2. The summed E-state index contributed by atoms with van der Waals surface area (Å²) in [6.45, 7) is 3.15. The highest BCUT2D eigenvalue weighted by molar-refractivity contribution is 5.86. The molecule has 0 aromatic heterocycles. The number of rotatable bonds is 7. The highest BCUT2D eigenvalue weighted by Gasteiger charge is 2.46. The summed E-state index contributed by atoms with van der Waals surface area (Å²) >= 11 is 0. The Morgan fingerprint density at radius 2 is 2.12 bits per heavy atom. The van der Waals surface area contributed by atoms with Crippen LogP contribution >= 0.6 is 0 Å². The van der Waals surface area contributed by atoms with Crippen molar-refractivity contribution in [1.29, 1.82) is 5.26 Å². The zero-order valence-corrected chi connectivity index (χ0v) is 14.5. The summed E-state index contributed by atoms with van der Waals surface area (Å²) in [5.41, 5.74) is 4.74. The molecule has 0 spiro atoms. The lowest BCUT2D eigenvalue weighted by molar-refractivity contribution is -0.122. The van der Waals surface area contributed by atoms with E-state index >= 15 is 0 Å². The van der Waals surface area contributed by atoms with Crippen molar-refractivity contribution in [3.63, 3.8) is 0 Å². The number of primary amides is 1. The second-order valence-corrected chi connectivity index (χ2v) is 7.32. The lowest BCUT2D eigenvalue weighted by atomic mass is 9.70. The molecule has 1 radical (unpaired) electrons. The summed E-state index contributed by atoms with van der Waals surface area (Å²) in [5.74, 6) is -0.790. The van der Waals surface area contributed by atoms with Gasteiger partial charge in [0.05, 0.1) is 23.9 Å². The maximum atomic E-state index is 12.4. The van der Waals surface area contributed by atoms with Gasteiger partial charge < -0.3 is 16.4 Å². The van der Waals surface area contributed by atoms with Gasteiger partial charge in [0.25, 0.3) is 0 Å². The molecule has 6 heteroatoms. The number of hydrogen-bond donors (Lipinski definition) is 3. The highest BCUT2D eigenvalue weighted by Crippen LogP contribution is 2.38. The molecule has 1 aliphatic carbocycles. The fourth-order valence-electron chi connectivity index (χ4n) is 4.01. The van der Waals surface area contributed by atoms with E-state index in [9.17, 15) is 14.9 Å². The lowest BCUT2D eigenvalue weighted by Crippen LogP contribution is -2.57. The van der Waals surface area contributed by atoms with Gasteiger partial charge in [-0.2, -0.15) is 5.26 Å². The number of carbonyl (C=O) groups excluding carboxylic acids is 2. The molecule has 24 heavy (non-hydrogen) atoms. The van der Waals surface area contributed by atoms with Crippen LogP contribution in [0.15, 0.2) is 0 Å². The summed E-state index contributed by atoms with van der Waals surface area (Å²) in [6.07, 6.45) is 8.30. The van der Waals surface area contributed by atoms with E-state index in [0.29, 0.717) is 18.9 Å². The number of nitrogens with one attached hydrogen (secondary N) is 2. The van der Waals surface area contributed by atoms with E-state index in [0.717, 1.165) is 25.8 Å². The van der Waals surface area contributed by atoms with Crippen molar-refractivity contribution < 1.29 is 9.59 Å². The molecule has 133 valence electrons. The molecule has 0 aromatic rings. The molecule has 1 saturated carbocycles. The van der Waals surface area contributed by atoms with Crippen molar-refractivity contribution in [1.82, 2.24) is 10.6 Å². The molecule has 1 saturated heterocycles. The van der Waals surface area contributed by atoms with Gasteiger partial charge in [-0.05, 0) is 38.1 Å². The Hall–Kier alpha value is -1.61. The van der Waals surface area contributed by atoms with E-state index in [2.05, 4.69) is 16.7 Å². The van der Waals surface area contributed by atoms with E-state index < -0.39 is 11.4 Å². The van der Waals surface area contributed by atoms with E-state index in [1.807, 2.05) is 0 Å². The van der Waals surface area contributed by atoms with Crippen LogP contribution in [0.5, 0.6) is 0 Å². The van der Waals surface area contributed by atoms with Crippen LogP contribution in [0.25, 0.3) is 0 Å². The number of hydrogen-bond acceptors (Lipinski definition) is 4. The molecule has 3 unspecified atom stereocenters. The molecule has 1 aliphatic heterocycles. The van der Waals surface area contributed by atoms with Crippen molar-refractivity contribution in [2.24, 2.45) is 23.5 Å². The summed E-state index contributed by atoms with van der Waals surface area (Å²) in [6, 6.07) is 2.50. The van der Waals surface area contributed by atoms with Crippen molar-refractivity contribution in [3.8, 4) is 6.07 Å². The van der Waals surface area contributed by atoms with Gasteiger partial charge in [-0.15, -0.1) is 0 Å².